The molecule has 1 atom stereocenters. The van der Waals surface area contributed by atoms with Gasteiger partial charge in [-0.05, 0) is 31.5 Å². The molecule has 1 aromatic rings. The quantitative estimate of drug-likeness (QED) is 0.754. The van der Waals surface area contributed by atoms with E-state index in [1.807, 2.05) is 13.8 Å². The van der Waals surface area contributed by atoms with E-state index in [2.05, 4.69) is 5.32 Å². The molecule has 0 bridgehead atoms. The number of nitrogens with two attached hydrogens (primary N) is 1. The monoisotopic (exact) mass is 214 g/mol. The highest BCUT2D eigenvalue weighted by Crippen LogP contribution is 2.29. The third-order valence-corrected chi connectivity index (χ3v) is 2.32. The fourth-order valence-electron chi connectivity index (χ4n) is 1.26. The third-order valence-electron chi connectivity index (χ3n) is 2.32. The van der Waals surface area contributed by atoms with Gasteiger partial charge in [-0.3, -0.25) is 0 Å². The largest absolute Gasteiger partial charge is 0.399 e. The van der Waals surface area contributed by atoms with E-state index < -0.39 is 6.43 Å². The van der Waals surface area contributed by atoms with Crippen molar-refractivity contribution in [1.29, 1.82) is 0 Å². The van der Waals surface area contributed by atoms with Crippen molar-refractivity contribution in [2.45, 2.75) is 32.7 Å². The lowest BCUT2D eigenvalue weighted by Gasteiger charge is -2.16. The number of nitrogens with one attached hydrogen (secondary N) is 1. The summed E-state index contributed by atoms with van der Waals surface area (Å²) in [6.45, 7) is 3.95. The molecule has 0 spiro atoms. The summed E-state index contributed by atoms with van der Waals surface area (Å²) in [4.78, 5) is 0. The van der Waals surface area contributed by atoms with E-state index in [-0.39, 0.29) is 11.6 Å². The van der Waals surface area contributed by atoms with Crippen LogP contribution in [0.3, 0.4) is 0 Å². The highest BCUT2D eigenvalue weighted by Gasteiger charge is 2.14. The van der Waals surface area contributed by atoms with Crippen LogP contribution in [0.25, 0.3) is 0 Å². The number of rotatable bonds is 4. The first kappa shape index (κ1) is 11.8. The molecule has 1 unspecified atom stereocenters. The topological polar surface area (TPSA) is 38.0 Å². The lowest BCUT2D eigenvalue weighted by atomic mass is 10.1. The molecule has 0 aromatic heterocycles. The zero-order chi connectivity index (χ0) is 11.4. The van der Waals surface area contributed by atoms with Crippen molar-refractivity contribution in [3.05, 3.63) is 23.8 Å². The van der Waals surface area contributed by atoms with Crippen molar-refractivity contribution in [3.63, 3.8) is 0 Å². The van der Waals surface area contributed by atoms with E-state index in [9.17, 15) is 8.78 Å². The van der Waals surface area contributed by atoms with Crippen LogP contribution >= 0.6 is 0 Å². The molecule has 0 fully saturated rings. The molecule has 0 amide bonds. The Morgan fingerprint density at radius 3 is 2.60 bits per heavy atom. The van der Waals surface area contributed by atoms with E-state index in [0.29, 0.717) is 11.4 Å². The Balaban J connectivity index is 2.95. The van der Waals surface area contributed by atoms with E-state index in [1.165, 1.54) is 6.07 Å². The number of anilines is 2. The summed E-state index contributed by atoms with van der Waals surface area (Å²) in [5.74, 6) is 0. The van der Waals surface area contributed by atoms with Gasteiger partial charge in [0.15, 0.2) is 0 Å². The molecule has 0 aliphatic rings. The molecule has 0 radical (unpaired) electrons. The second-order valence-corrected chi connectivity index (χ2v) is 3.60. The van der Waals surface area contributed by atoms with Gasteiger partial charge >= 0.3 is 0 Å². The highest BCUT2D eigenvalue weighted by atomic mass is 19.3. The average Bonchev–Trinajstić information content (AvgIpc) is 2.20. The standard InChI is InChI=1S/C11H16F2N2/c1-3-7(2)15-10-5-4-8(14)6-9(10)11(12)13/h4-7,11,15H,3,14H2,1-2H3. The molecule has 0 aliphatic heterocycles. The maximum atomic E-state index is 12.7. The first-order chi connectivity index (χ1) is 7.04. The average molecular weight is 214 g/mol. The van der Waals surface area contributed by atoms with Crippen LogP contribution in [0.15, 0.2) is 18.2 Å². The summed E-state index contributed by atoms with van der Waals surface area (Å²) in [5, 5.41) is 3.03. The molecule has 15 heavy (non-hydrogen) atoms. The smallest absolute Gasteiger partial charge is 0.265 e. The van der Waals surface area contributed by atoms with Gasteiger partial charge in [0.05, 0.1) is 0 Å². The third kappa shape index (κ3) is 3.08. The van der Waals surface area contributed by atoms with Crippen LogP contribution in [0.4, 0.5) is 20.2 Å². The Kier molecular flexibility index (Phi) is 3.88. The molecular formula is C11H16F2N2. The Labute approximate surface area is 88.5 Å². The minimum Gasteiger partial charge on any atom is -0.399 e. The highest BCUT2D eigenvalue weighted by molar-refractivity contribution is 5.58. The van der Waals surface area contributed by atoms with Crippen molar-refractivity contribution in [1.82, 2.24) is 0 Å². The second kappa shape index (κ2) is 4.96. The van der Waals surface area contributed by atoms with Crippen molar-refractivity contribution in [2.75, 3.05) is 11.1 Å². The number of alkyl halides is 2. The van der Waals surface area contributed by atoms with Gasteiger partial charge in [0.25, 0.3) is 6.43 Å². The van der Waals surface area contributed by atoms with Crippen LogP contribution in [-0.2, 0) is 0 Å². The van der Waals surface area contributed by atoms with E-state index >= 15 is 0 Å². The van der Waals surface area contributed by atoms with Crippen LogP contribution in [0.2, 0.25) is 0 Å². The van der Waals surface area contributed by atoms with Gasteiger partial charge in [0.1, 0.15) is 0 Å². The van der Waals surface area contributed by atoms with Crippen LogP contribution in [0.1, 0.15) is 32.3 Å². The first-order valence-corrected chi connectivity index (χ1v) is 4.98. The van der Waals surface area contributed by atoms with Crippen molar-refractivity contribution < 1.29 is 8.78 Å². The molecular weight excluding hydrogens is 198 g/mol. The number of hydrogen-bond donors (Lipinski definition) is 2. The van der Waals surface area contributed by atoms with Gasteiger partial charge in [-0.25, -0.2) is 8.78 Å². The first-order valence-electron chi connectivity index (χ1n) is 4.98. The van der Waals surface area contributed by atoms with E-state index in [0.717, 1.165) is 6.42 Å². The summed E-state index contributed by atoms with van der Waals surface area (Å²) < 4.78 is 25.3. The fraction of sp³-hybridized carbons (Fsp3) is 0.455. The van der Waals surface area contributed by atoms with Gasteiger partial charge in [-0.2, -0.15) is 0 Å². The zero-order valence-corrected chi connectivity index (χ0v) is 8.93. The molecule has 0 saturated heterocycles. The molecule has 2 nitrogen and oxygen atoms in total. The van der Waals surface area contributed by atoms with Gasteiger partial charge in [0.2, 0.25) is 0 Å². The fourth-order valence-corrected chi connectivity index (χ4v) is 1.26. The predicted octanol–water partition coefficient (Wildman–Crippen LogP) is 3.42. The Morgan fingerprint density at radius 2 is 2.07 bits per heavy atom. The van der Waals surface area contributed by atoms with Crippen LogP contribution in [0, 0.1) is 0 Å². The van der Waals surface area contributed by atoms with E-state index in [1.54, 1.807) is 12.1 Å². The number of halogens is 2. The maximum Gasteiger partial charge on any atom is 0.265 e. The maximum absolute atomic E-state index is 12.7. The van der Waals surface area contributed by atoms with Crippen molar-refractivity contribution in [3.8, 4) is 0 Å². The molecule has 0 heterocycles. The Bertz CT molecular complexity index is 326. The number of nitrogen functional groups attached to an aromatic ring is 1. The predicted molar refractivity (Wildman–Crippen MR) is 59.2 cm³/mol. The van der Waals surface area contributed by atoms with Crippen molar-refractivity contribution >= 4 is 11.4 Å². The lowest BCUT2D eigenvalue weighted by molar-refractivity contribution is 0.152. The molecule has 3 N–H and O–H groups in total. The minimum atomic E-state index is -2.50. The Morgan fingerprint density at radius 1 is 1.40 bits per heavy atom. The molecule has 84 valence electrons. The summed E-state index contributed by atoms with van der Waals surface area (Å²) in [5.41, 5.74) is 6.26. The van der Waals surface area contributed by atoms with Crippen LogP contribution in [-0.4, -0.2) is 6.04 Å². The summed E-state index contributed by atoms with van der Waals surface area (Å²) in [6.07, 6.45) is -1.62. The van der Waals surface area contributed by atoms with Crippen molar-refractivity contribution in [2.24, 2.45) is 0 Å². The minimum absolute atomic E-state index is 0.0321. The van der Waals surface area contributed by atoms with Gasteiger partial charge in [-0.1, -0.05) is 6.92 Å². The normalized spacial score (nSPS) is 12.9. The zero-order valence-electron chi connectivity index (χ0n) is 8.93. The van der Waals surface area contributed by atoms with Gasteiger partial charge in [-0.15, -0.1) is 0 Å². The molecule has 0 aliphatic carbocycles. The summed E-state index contributed by atoms with van der Waals surface area (Å²) in [6, 6.07) is 4.71. The molecule has 0 saturated carbocycles. The molecule has 4 heteroatoms. The second-order valence-electron chi connectivity index (χ2n) is 3.60. The number of benzene rings is 1. The van der Waals surface area contributed by atoms with Crippen LogP contribution in [0.5, 0.6) is 0 Å². The SMILES string of the molecule is CCC(C)Nc1ccc(N)cc1C(F)F. The summed E-state index contributed by atoms with van der Waals surface area (Å²) in [7, 11) is 0. The van der Waals surface area contributed by atoms with Gasteiger partial charge < -0.3 is 11.1 Å². The lowest BCUT2D eigenvalue weighted by Crippen LogP contribution is -2.15. The van der Waals surface area contributed by atoms with Gasteiger partial charge in [0, 0.05) is 23.0 Å². The Hall–Kier alpha value is -1.32. The number of hydrogen-bond acceptors (Lipinski definition) is 2. The molecule has 1 rings (SSSR count). The summed E-state index contributed by atoms with van der Waals surface area (Å²) >= 11 is 0. The van der Waals surface area contributed by atoms with E-state index in [4.69, 9.17) is 5.73 Å². The molecule has 1 aromatic carbocycles. The van der Waals surface area contributed by atoms with Crippen LogP contribution < -0.4 is 11.1 Å².